The summed E-state index contributed by atoms with van der Waals surface area (Å²) in [5.41, 5.74) is 0.904. The molecular weight excluding hydrogens is 403 g/mol. The number of rotatable bonds is 11. The van der Waals surface area contributed by atoms with E-state index in [9.17, 15) is 0 Å². The Labute approximate surface area is 145 Å². The number of alkyl halides is 1. The molecule has 0 aromatic heterocycles. The molecule has 0 fully saturated rings. The molecule has 7 heteroatoms. The van der Waals surface area contributed by atoms with Crippen LogP contribution in [0.15, 0.2) is 6.07 Å². The van der Waals surface area contributed by atoms with E-state index < -0.39 is 0 Å². The van der Waals surface area contributed by atoms with E-state index in [2.05, 4.69) is 22.6 Å². The molecule has 0 spiro atoms. The number of hydrogen-bond donors (Lipinski definition) is 0. The van der Waals surface area contributed by atoms with Crippen LogP contribution in [0.5, 0.6) is 23.0 Å². The van der Waals surface area contributed by atoms with Crippen LogP contribution in [-0.2, 0) is 15.9 Å². The monoisotopic (exact) mass is 426 g/mol. The maximum Gasteiger partial charge on any atom is 0.188 e. The van der Waals surface area contributed by atoms with Gasteiger partial charge in [-0.2, -0.15) is 0 Å². The molecule has 0 aliphatic carbocycles. The van der Waals surface area contributed by atoms with Gasteiger partial charge in [-0.3, -0.25) is 0 Å². The van der Waals surface area contributed by atoms with E-state index in [0.29, 0.717) is 23.0 Å². The fraction of sp³-hybridized carbons (Fsp3) is 0.600. The summed E-state index contributed by atoms with van der Waals surface area (Å²) in [6.07, 6.45) is 1.77. The van der Waals surface area contributed by atoms with Gasteiger partial charge < -0.3 is 28.4 Å². The second-order valence-electron chi connectivity index (χ2n) is 4.31. The van der Waals surface area contributed by atoms with Gasteiger partial charge in [-0.05, 0) is 17.3 Å². The van der Waals surface area contributed by atoms with Crippen LogP contribution in [-0.4, -0.2) is 46.5 Å². The second kappa shape index (κ2) is 10.7. The van der Waals surface area contributed by atoms with Crippen molar-refractivity contribution in [3.63, 3.8) is 0 Å². The van der Waals surface area contributed by atoms with Gasteiger partial charge in [0.25, 0.3) is 0 Å². The lowest BCUT2D eigenvalue weighted by atomic mass is 10.1. The van der Waals surface area contributed by atoms with E-state index in [1.165, 1.54) is 0 Å². The number of methoxy groups -OCH3 is 4. The van der Waals surface area contributed by atoms with Crippen molar-refractivity contribution in [3.05, 3.63) is 11.6 Å². The molecule has 0 bridgehead atoms. The summed E-state index contributed by atoms with van der Waals surface area (Å²) < 4.78 is 33.2. The zero-order valence-corrected chi connectivity index (χ0v) is 15.6. The lowest BCUT2D eigenvalue weighted by Crippen LogP contribution is -2.08. The molecular formula is C15H23IO6. The van der Waals surface area contributed by atoms with Crippen molar-refractivity contribution in [3.8, 4) is 23.0 Å². The molecule has 1 rings (SSSR count). The Morgan fingerprint density at radius 1 is 0.864 bits per heavy atom. The van der Waals surface area contributed by atoms with Crippen molar-refractivity contribution in [1.82, 2.24) is 0 Å². The number of benzene rings is 1. The number of ether oxygens (including phenoxy) is 6. The van der Waals surface area contributed by atoms with Crippen molar-refractivity contribution < 1.29 is 28.4 Å². The van der Waals surface area contributed by atoms with Crippen molar-refractivity contribution in [2.24, 2.45) is 0 Å². The first kappa shape index (κ1) is 19.1. The first-order valence-corrected chi connectivity index (χ1v) is 8.33. The third kappa shape index (κ3) is 5.06. The minimum Gasteiger partial charge on any atom is -0.493 e. The topological polar surface area (TPSA) is 55.4 Å². The third-order valence-electron chi connectivity index (χ3n) is 2.90. The number of halogens is 1. The van der Waals surface area contributed by atoms with Gasteiger partial charge >= 0.3 is 0 Å². The summed E-state index contributed by atoms with van der Waals surface area (Å²) in [6.45, 7) is 0.262. The highest BCUT2D eigenvalue weighted by atomic mass is 127. The molecule has 0 unspecified atom stereocenters. The Balaban J connectivity index is 3.31. The summed E-state index contributed by atoms with van der Waals surface area (Å²) in [6, 6.07) is 1.73. The molecule has 126 valence electrons. The normalized spacial score (nSPS) is 10.4. The van der Waals surface area contributed by atoms with Crippen LogP contribution in [0.3, 0.4) is 0 Å². The Morgan fingerprint density at radius 2 is 1.55 bits per heavy atom. The predicted molar refractivity (Wildman–Crippen MR) is 91.8 cm³/mol. The zero-order valence-electron chi connectivity index (χ0n) is 13.4. The molecule has 0 N–H and O–H groups in total. The quantitative estimate of drug-likeness (QED) is 0.308. The minimum absolute atomic E-state index is 0.128. The third-order valence-corrected chi connectivity index (χ3v) is 3.66. The maximum atomic E-state index is 5.69. The first-order chi connectivity index (χ1) is 10.7. The van der Waals surface area contributed by atoms with Gasteiger partial charge in [-0.15, -0.1) is 0 Å². The van der Waals surface area contributed by atoms with Gasteiger partial charge in [0, 0.05) is 25.8 Å². The van der Waals surface area contributed by atoms with Crippen LogP contribution in [0.25, 0.3) is 0 Å². The van der Waals surface area contributed by atoms with Crippen LogP contribution in [0, 0.1) is 0 Å². The smallest absolute Gasteiger partial charge is 0.188 e. The molecule has 0 aliphatic heterocycles. The summed E-state index contributed by atoms with van der Waals surface area (Å²) in [7, 11) is 6.33. The van der Waals surface area contributed by atoms with Crippen LogP contribution in [0.2, 0.25) is 0 Å². The van der Waals surface area contributed by atoms with Crippen molar-refractivity contribution in [2.45, 2.75) is 12.8 Å². The summed E-state index contributed by atoms with van der Waals surface area (Å²) >= 11 is 2.34. The zero-order chi connectivity index (χ0) is 16.4. The fourth-order valence-electron chi connectivity index (χ4n) is 2.00. The van der Waals surface area contributed by atoms with Gasteiger partial charge in [0.15, 0.2) is 36.6 Å². The highest BCUT2D eigenvalue weighted by Gasteiger charge is 2.22. The summed E-state index contributed by atoms with van der Waals surface area (Å²) in [5, 5.41) is 0. The SMILES string of the molecule is COCOc1cc(OC)c(OCOC)c(CCCI)c1OC. The lowest BCUT2D eigenvalue weighted by Gasteiger charge is -2.20. The van der Waals surface area contributed by atoms with Gasteiger partial charge in [0.1, 0.15) is 0 Å². The largest absolute Gasteiger partial charge is 0.493 e. The number of hydrogen-bond acceptors (Lipinski definition) is 6. The Morgan fingerprint density at radius 3 is 2.09 bits per heavy atom. The maximum absolute atomic E-state index is 5.69. The van der Waals surface area contributed by atoms with E-state index in [1.807, 2.05) is 0 Å². The van der Waals surface area contributed by atoms with Crippen molar-refractivity contribution in [2.75, 3.05) is 46.5 Å². The van der Waals surface area contributed by atoms with Gasteiger partial charge in [0.2, 0.25) is 0 Å². The molecule has 0 aliphatic rings. The van der Waals surface area contributed by atoms with E-state index in [-0.39, 0.29) is 13.6 Å². The van der Waals surface area contributed by atoms with Crippen LogP contribution < -0.4 is 18.9 Å². The molecule has 0 saturated carbocycles. The van der Waals surface area contributed by atoms with Gasteiger partial charge in [0.05, 0.1) is 14.2 Å². The van der Waals surface area contributed by atoms with Crippen molar-refractivity contribution >= 4 is 22.6 Å². The molecule has 6 nitrogen and oxygen atoms in total. The molecule has 1 aromatic rings. The predicted octanol–water partition coefficient (Wildman–Crippen LogP) is 3.04. The van der Waals surface area contributed by atoms with E-state index in [4.69, 9.17) is 28.4 Å². The summed E-state index contributed by atoms with van der Waals surface area (Å²) in [4.78, 5) is 0. The average molecular weight is 426 g/mol. The highest BCUT2D eigenvalue weighted by Crippen LogP contribution is 2.45. The average Bonchev–Trinajstić information content (AvgIpc) is 2.55. The lowest BCUT2D eigenvalue weighted by molar-refractivity contribution is 0.0445. The van der Waals surface area contributed by atoms with E-state index in [0.717, 1.165) is 22.8 Å². The first-order valence-electron chi connectivity index (χ1n) is 6.80. The Bertz CT molecular complexity index is 452. The minimum atomic E-state index is 0.128. The Hall–Kier alpha value is -0.930. The second-order valence-corrected chi connectivity index (χ2v) is 5.39. The summed E-state index contributed by atoms with van der Waals surface area (Å²) in [5.74, 6) is 2.39. The highest BCUT2D eigenvalue weighted by molar-refractivity contribution is 14.1. The van der Waals surface area contributed by atoms with E-state index in [1.54, 1.807) is 34.5 Å². The standard InChI is InChI=1S/C15H23IO6/c1-17-9-21-13-8-12(19-3)15(22-10-18-2)11(6-5-7-16)14(13)20-4/h8H,5-7,9-10H2,1-4H3. The molecule has 0 amide bonds. The van der Waals surface area contributed by atoms with Crippen molar-refractivity contribution in [1.29, 1.82) is 0 Å². The molecule has 22 heavy (non-hydrogen) atoms. The van der Waals surface area contributed by atoms with Crippen LogP contribution in [0.1, 0.15) is 12.0 Å². The molecule has 0 saturated heterocycles. The molecule has 1 aromatic carbocycles. The molecule has 0 heterocycles. The molecule has 0 radical (unpaired) electrons. The van der Waals surface area contributed by atoms with Gasteiger partial charge in [-0.25, -0.2) is 0 Å². The fourth-order valence-corrected chi connectivity index (χ4v) is 2.38. The Kier molecular flexibility index (Phi) is 9.33. The van der Waals surface area contributed by atoms with Gasteiger partial charge in [-0.1, -0.05) is 22.6 Å². The van der Waals surface area contributed by atoms with Crippen LogP contribution in [0.4, 0.5) is 0 Å². The van der Waals surface area contributed by atoms with Crippen LogP contribution >= 0.6 is 22.6 Å². The van der Waals surface area contributed by atoms with E-state index >= 15 is 0 Å². The molecule has 0 atom stereocenters.